The van der Waals surface area contributed by atoms with E-state index in [2.05, 4.69) is 4.98 Å². The van der Waals surface area contributed by atoms with E-state index in [1.54, 1.807) is 11.1 Å². The summed E-state index contributed by atoms with van der Waals surface area (Å²) in [5.41, 5.74) is 5.59. The van der Waals surface area contributed by atoms with Gasteiger partial charge in [0.1, 0.15) is 5.82 Å². The SMILES string of the molecule is CN(C(=O)C1CCC(CCN)CC1)c1ccccn1. The van der Waals surface area contributed by atoms with Crippen molar-refractivity contribution in [2.24, 2.45) is 17.6 Å². The Balaban J connectivity index is 1.91. The van der Waals surface area contributed by atoms with Crippen LogP contribution in [-0.2, 0) is 4.79 Å². The molecule has 1 aliphatic carbocycles. The van der Waals surface area contributed by atoms with Crippen LogP contribution < -0.4 is 10.6 Å². The van der Waals surface area contributed by atoms with E-state index < -0.39 is 0 Å². The highest BCUT2D eigenvalue weighted by atomic mass is 16.2. The Morgan fingerprint density at radius 1 is 1.37 bits per heavy atom. The van der Waals surface area contributed by atoms with E-state index in [0.717, 1.165) is 44.5 Å². The van der Waals surface area contributed by atoms with Crippen LogP contribution in [0.3, 0.4) is 0 Å². The van der Waals surface area contributed by atoms with Crippen molar-refractivity contribution in [2.75, 3.05) is 18.5 Å². The number of carbonyl (C=O) groups excluding carboxylic acids is 1. The zero-order valence-electron chi connectivity index (χ0n) is 11.6. The summed E-state index contributed by atoms with van der Waals surface area (Å²) in [6.45, 7) is 0.761. The summed E-state index contributed by atoms with van der Waals surface area (Å²) < 4.78 is 0. The van der Waals surface area contributed by atoms with Gasteiger partial charge in [0.05, 0.1) is 0 Å². The van der Waals surface area contributed by atoms with E-state index in [1.165, 1.54) is 0 Å². The molecule has 0 atom stereocenters. The van der Waals surface area contributed by atoms with Gasteiger partial charge < -0.3 is 5.73 Å². The van der Waals surface area contributed by atoms with Gasteiger partial charge in [0, 0.05) is 19.2 Å². The smallest absolute Gasteiger partial charge is 0.230 e. The number of rotatable bonds is 4. The maximum absolute atomic E-state index is 12.4. The van der Waals surface area contributed by atoms with Gasteiger partial charge in [0.15, 0.2) is 0 Å². The second-order valence-corrected chi connectivity index (χ2v) is 5.38. The molecule has 2 rings (SSSR count). The van der Waals surface area contributed by atoms with Gasteiger partial charge in [-0.1, -0.05) is 6.07 Å². The molecule has 19 heavy (non-hydrogen) atoms. The lowest BCUT2D eigenvalue weighted by molar-refractivity contribution is -0.123. The second kappa shape index (κ2) is 6.66. The minimum Gasteiger partial charge on any atom is -0.330 e. The number of amides is 1. The van der Waals surface area contributed by atoms with Crippen LogP contribution in [0.1, 0.15) is 32.1 Å². The number of aromatic nitrogens is 1. The summed E-state index contributed by atoms with van der Waals surface area (Å²) in [5, 5.41) is 0. The van der Waals surface area contributed by atoms with Gasteiger partial charge in [0.2, 0.25) is 5.91 Å². The molecular formula is C15H23N3O. The van der Waals surface area contributed by atoms with Gasteiger partial charge in [-0.3, -0.25) is 9.69 Å². The largest absolute Gasteiger partial charge is 0.330 e. The molecule has 1 aromatic rings. The lowest BCUT2D eigenvalue weighted by Gasteiger charge is -2.30. The summed E-state index contributed by atoms with van der Waals surface area (Å²) in [6, 6.07) is 5.64. The van der Waals surface area contributed by atoms with E-state index in [1.807, 2.05) is 25.2 Å². The molecule has 1 saturated carbocycles. The van der Waals surface area contributed by atoms with Crippen molar-refractivity contribution < 1.29 is 4.79 Å². The van der Waals surface area contributed by atoms with Crippen LogP contribution in [0.2, 0.25) is 0 Å². The van der Waals surface area contributed by atoms with E-state index in [4.69, 9.17) is 5.73 Å². The minimum atomic E-state index is 0.154. The third-order valence-corrected chi connectivity index (χ3v) is 4.09. The lowest BCUT2D eigenvalue weighted by atomic mass is 9.80. The summed E-state index contributed by atoms with van der Waals surface area (Å²) >= 11 is 0. The van der Waals surface area contributed by atoms with Crippen molar-refractivity contribution >= 4 is 11.7 Å². The third kappa shape index (κ3) is 3.53. The average Bonchev–Trinajstić information content (AvgIpc) is 2.48. The summed E-state index contributed by atoms with van der Waals surface area (Å²) in [5.74, 6) is 1.80. The van der Waals surface area contributed by atoms with Crippen molar-refractivity contribution in [3.63, 3.8) is 0 Å². The number of nitrogens with zero attached hydrogens (tertiary/aromatic N) is 2. The summed E-state index contributed by atoms with van der Waals surface area (Å²) in [4.78, 5) is 18.3. The standard InChI is InChI=1S/C15H23N3O/c1-18(14-4-2-3-11-17-14)15(19)13-7-5-12(6-8-13)9-10-16/h2-4,11-13H,5-10,16H2,1H3. The average molecular weight is 261 g/mol. The Hall–Kier alpha value is -1.42. The Kier molecular flexibility index (Phi) is 4.91. The molecule has 1 heterocycles. The van der Waals surface area contributed by atoms with E-state index in [-0.39, 0.29) is 11.8 Å². The number of nitrogens with two attached hydrogens (primary N) is 1. The molecule has 4 heteroatoms. The van der Waals surface area contributed by atoms with Crippen molar-refractivity contribution in [3.05, 3.63) is 24.4 Å². The maximum Gasteiger partial charge on any atom is 0.230 e. The molecule has 0 aromatic carbocycles. The topological polar surface area (TPSA) is 59.2 Å². The van der Waals surface area contributed by atoms with Crippen LogP contribution in [0.4, 0.5) is 5.82 Å². The first-order valence-corrected chi connectivity index (χ1v) is 7.11. The molecule has 0 unspecified atom stereocenters. The number of anilines is 1. The first-order chi connectivity index (χ1) is 9.22. The molecular weight excluding hydrogens is 238 g/mol. The molecule has 0 saturated heterocycles. The number of hydrogen-bond acceptors (Lipinski definition) is 3. The Morgan fingerprint density at radius 2 is 2.11 bits per heavy atom. The van der Waals surface area contributed by atoms with Crippen molar-refractivity contribution in [1.29, 1.82) is 0 Å². The molecule has 0 bridgehead atoms. The quantitative estimate of drug-likeness (QED) is 0.904. The monoisotopic (exact) mass is 261 g/mol. The zero-order chi connectivity index (χ0) is 13.7. The Bertz CT molecular complexity index is 399. The Morgan fingerprint density at radius 3 is 2.68 bits per heavy atom. The van der Waals surface area contributed by atoms with Gasteiger partial charge in [0.25, 0.3) is 0 Å². The molecule has 0 radical (unpaired) electrons. The molecule has 0 aliphatic heterocycles. The number of carbonyl (C=O) groups is 1. The molecule has 1 aliphatic rings. The van der Waals surface area contributed by atoms with Crippen LogP contribution in [0.25, 0.3) is 0 Å². The van der Waals surface area contributed by atoms with Crippen molar-refractivity contribution in [1.82, 2.24) is 4.98 Å². The second-order valence-electron chi connectivity index (χ2n) is 5.38. The van der Waals surface area contributed by atoms with Gasteiger partial charge >= 0.3 is 0 Å². The lowest BCUT2D eigenvalue weighted by Crippen LogP contribution is -2.35. The fraction of sp³-hybridized carbons (Fsp3) is 0.600. The molecule has 1 amide bonds. The summed E-state index contributed by atoms with van der Waals surface area (Å²) in [6.07, 6.45) is 7.04. The molecule has 2 N–H and O–H groups in total. The van der Waals surface area contributed by atoms with Gasteiger partial charge in [-0.15, -0.1) is 0 Å². The van der Waals surface area contributed by atoms with Crippen LogP contribution in [-0.4, -0.2) is 24.5 Å². The number of hydrogen-bond donors (Lipinski definition) is 1. The molecule has 4 nitrogen and oxygen atoms in total. The minimum absolute atomic E-state index is 0.154. The Labute approximate surface area is 115 Å². The number of pyridine rings is 1. The highest BCUT2D eigenvalue weighted by Gasteiger charge is 2.28. The first kappa shape index (κ1) is 14.0. The summed E-state index contributed by atoms with van der Waals surface area (Å²) in [7, 11) is 1.82. The van der Waals surface area contributed by atoms with Gasteiger partial charge in [-0.25, -0.2) is 4.98 Å². The third-order valence-electron chi connectivity index (χ3n) is 4.09. The highest BCUT2D eigenvalue weighted by Crippen LogP contribution is 2.32. The molecule has 104 valence electrons. The zero-order valence-corrected chi connectivity index (χ0v) is 11.6. The van der Waals surface area contributed by atoms with E-state index >= 15 is 0 Å². The fourth-order valence-corrected chi connectivity index (χ4v) is 2.87. The van der Waals surface area contributed by atoms with Crippen LogP contribution in [0.5, 0.6) is 0 Å². The highest BCUT2D eigenvalue weighted by molar-refractivity contribution is 5.93. The molecule has 0 spiro atoms. The van der Waals surface area contributed by atoms with E-state index in [9.17, 15) is 4.79 Å². The van der Waals surface area contributed by atoms with Crippen LogP contribution in [0.15, 0.2) is 24.4 Å². The van der Waals surface area contributed by atoms with Crippen LogP contribution >= 0.6 is 0 Å². The van der Waals surface area contributed by atoms with E-state index in [0.29, 0.717) is 5.92 Å². The fourth-order valence-electron chi connectivity index (χ4n) is 2.87. The van der Waals surface area contributed by atoms with Gasteiger partial charge in [-0.05, 0) is 56.7 Å². The molecule has 1 aromatic heterocycles. The normalized spacial score (nSPS) is 23.1. The first-order valence-electron chi connectivity index (χ1n) is 7.11. The van der Waals surface area contributed by atoms with Crippen molar-refractivity contribution in [3.8, 4) is 0 Å². The maximum atomic E-state index is 12.4. The predicted molar refractivity (Wildman–Crippen MR) is 76.8 cm³/mol. The predicted octanol–water partition coefficient (Wildman–Crippen LogP) is 2.20. The van der Waals surface area contributed by atoms with Gasteiger partial charge in [-0.2, -0.15) is 0 Å². The van der Waals surface area contributed by atoms with Crippen LogP contribution in [0, 0.1) is 11.8 Å². The molecule has 1 fully saturated rings. The van der Waals surface area contributed by atoms with Crippen molar-refractivity contribution in [2.45, 2.75) is 32.1 Å².